The molecule has 0 amide bonds. The molecular formula is C19H27NS. The predicted molar refractivity (Wildman–Crippen MR) is 94.5 cm³/mol. The van der Waals surface area contributed by atoms with E-state index in [-0.39, 0.29) is 0 Å². The molecule has 1 heterocycles. The predicted octanol–water partition coefficient (Wildman–Crippen LogP) is 5.69. The van der Waals surface area contributed by atoms with Crippen molar-refractivity contribution in [3.8, 4) is 0 Å². The van der Waals surface area contributed by atoms with Crippen LogP contribution in [0.5, 0.6) is 0 Å². The van der Waals surface area contributed by atoms with Gasteiger partial charge in [-0.1, -0.05) is 58.9 Å². The van der Waals surface area contributed by atoms with Crippen LogP contribution in [0.25, 0.3) is 0 Å². The highest BCUT2D eigenvalue weighted by molar-refractivity contribution is 7.10. The van der Waals surface area contributed by atoms with E-state index in [1.54, 1.807) is 0 Å². The monoisotopic (exact) mass is 301 g/mol. The van der Waals surface area contributed by atoms with E-state index in [1.165, 1.54) is 21.6 Å². The number of thiophene rings is 1. The van der Waals surface area contributed by atoms with Crippen molar-refractivity contribution in [1.29, 1.82) is 0 Å². The summed E-state index contributed by atoms with van der Waals surface area (Å²) in [6.45, 7) is 12.3. The third kappa shape index (κ3) is 3.75. The lowest BCUT2D eigenvalue weighted by atomic mass is 9.88. The molecule has 0 saturated heterocycles. The number of nitrogens with one attached hydrogen (secondary N) is 1. The van der Waals surface area contributed by atoms with E-state index >= 15 is 0 Å². The second-order valence-corrected chi connectivity index (χ2v) is 7.18. The molecule has 0 aliphatic heterocycles. The number of rotatable bonds is 6. The highest BCUT2D eigenvalue weighted by atomic mass is 32.1. The number of benzene rings is 1. The van der Waals surface area contributed by atoms with Crippen molar-refractivity contribution in [2.45, 2.75) is 52.5 Å². The Hall–Kier alpha value is -1.12. The zero-order valence-corrected chi connectivity index (χ0v) is 14.6. The summed E-state index contributed by atoms with van der Waals surface area (Å²) in [5.74, 6) is 1.12. The second-order valence-electron chi connectivity index (χ2n) is 6.20. The summed E-state index contributed by atoms with van der Waals surface area (Å²) in [7, 11) is 0. The quantitative estimate of drug-likeness (QED) is 0.722. The molecule has 1 atom stereocenters. The normalized spacial score (nSPS) is 13.1. The molecule has 0 aliphatic rings. The van der Waals surface area contributed by atoms with Crippen LogP contribution in [0.4, 0.5) is 0 Å². The van der Waals surface area contributed by atoms with Crippen LogP contribution in [0.1, 0.15) is 74.1 Å². The molecule has 2 heteroatoms. The maximum atomic E-state index is 3.66. The largest absolute Gasteiger partial charge is 0.306 e. The van der Waals surface area contributed by atoms with Crippen LogP contribution < -0.4 is 5.32 Å². The number of hydrogen-bond acceptors (Lipinski definition) is 2. The summed E-state index contributed by atoms with van der Waals surface area (Å²) in [6, 6.07) is 11.7. The first kappa shape index (κ1) is 16.3. The Labute approximate surface area is 133 Å². The average molecular weight is 301 g/mol. The Kier molecular flexibility index (Phi) is 5.60. The fourth-order valence-corrected chi connectivity index (χ4v) is 3.56. The van der Waals surface area contributed by atoms with Crippen molar-refractivity contribution in [1.82, 2.24) is 5.32 Å². The fraction of sp³-hybridized carbons (Fsp3) is 0.474. The highest BCUT2D eigenvalue weighted by Crippen LogP contribution is 2.33. The molecule has 1 aromatic carbocycles. The Bertz CT molecular complexity index is 555. The highest BCUT2D eigenvalue weighted by Gasteiger charge is 2.19. The van der Waals surface area contributed by atoms with Gasteiger partial charge in [0.05, 0.1) is 6.04 Å². The minimum atomic E-state index is 0.314. The summed E-state index contributed by atoms with van der Waals surface area (Å²) in [6.07, 6.45) is 0. The van der Waals surface area contributed by atoms with E-state index < -0.39 is 0 Å². The van der Waals surface area contributed by atoms with Gasteiger partial charge in [0.1, 0.15) is 0 Å². The zero-order valence-electron chi connectivity index (χ0n) is 13.8. The first-order valence-corrected chi connectivity index (χ1v) is 8.83. The molecule has 0 spiro atoms. The van der Waals surface area contributed by atoms with Crippen molar-refractivity contribution < 1.29 is 0 Å². The Morgan fingerprint density at radius 1 is 1.00 bits per heavy atom. The van der Waals surface area contributed by atoms with E-state index in [2.05, 4.69) is 75.6 Å². The maximum Gasteiger partial charge on any atom is 0.0673 e. The molecule has 1 nitrogen and oxygen atoms in total. The molecule has 2 rings (SSSR count). The third-order valence-corrected chi connectivity index (χ3v) is 4.88. The van der Waals surface area contributed by atoms with Crippen molar-refractivity contribution in [2.24, 2.45) is 0 Å². The van der Waals surface area contributed by atoms with E-state index in [0.717, 1.165) is 6.54 Å². The minimum Gasteiger partial charge on any atom is -0.306 e. The van der Waals surface area contributed by atoms with Crippen molar-refractivity contribution in [2.75, 3.05) is 6.54 Å². The molecule has 2 aromatic rings. The van der Waals surface area contributed by atoms with Crippen LogP contribution >= 0.6 is 11.3 Å². The minimum absolute atomic E-state index is 0.314. The first-order chi connectivity index (χ1) is 10.0. The SMILES string of the molecule is CCNC(c1cccs1)c1ccc(C(C)C)cc1C(C)C. The van der Waals surface area contributed by atoms with Crippen LogP contribution in [0.15, 0.2) is 35.7 Å². The lowest BCUT2D eigenvalue weighted by molar-refractivity contribution is 0.627. The van der Waals surface area contributed by atoms with E-state index in [1.807, 2.05) is 11.3 Å². The lowest BCUT2D eigenvalue weighted by Crippen LogP contribution is -2.22. The van der Waals surface area contributed by atoms with Gasteiger partial charge in [-0.2, -0.15) is 0 Å². The first-order valence-electron chi connectivity index (χ1n) is 7.95. The topological polar surface area (TPSA) is 12.0 Å². The van der Waals surface area contributed by atoms with Gasteiger partial charge in [0.15, 0.2) is 0 Å². The van der Waals surface area contributed by atoms with Gasteiger partial charge in [-0.05, 0) is 46.5 Å². The summed E-state index contributed by atoms with van der Waals surface area (Å²) in [5, 5.41) is 5.82. The average Bonchev–Trinajstić information content (AvgIpc) is 2.98. The van der Waals surface area contributed by atoms with Gasteiger partial charge in [0.25, 0.3) is 0 Å². The van der Waals surface area contributed by atoms with Gasteiger partial charge in [-0.3, -0.25) is 0 Å². The standard InChI is InChI=1S/C19H27NS/c1-6-20-19(18-8-7-11-21-18)16-10-9-15(13(2)3)12-17(16)14(4)5/h7-14,19-20H,6H2,1-5H3. The van der Waals surface area contributed by atoms with Gasteiger partial charge in [0.2, 0.25) is 0 Å². The molecule has 1 unspecified atom stereocenters. The lowest BCUT2D eigenvalue weighted by Gasteiger charge is -2.23. The Balaban J connectivity index is 2.49. The summed E-state index contributed by atoms with van der Waals surface area (Å²) in [5.41, 5.74) is 4.34. The van der Waals surface area contributed by atoms with Gasteiger partial charge < -0.3 is 5.32 Å². The van der Waals surface area contributed by atoms with Crippen LogP contribution in [0.3, 0.4) is 0 Å². The van der Waals surface area contributed by atoms with Gasteiger partial charge in [-0.25, -0.2) is 0 Å². The van der Waals surface area contributed by atoms with Crippen LogP contribution in [0, 0.1) is 0 Å². The van der Waals surface area contributed by atoms with Gasteiger partial charge in [-0.15, -0.1) is 11.3 Å². The van der Waals surface area contributed by atoms with Gasteiger partial charge >= 0.3 is 0 Å². The van der Waals surface area contributed by atoms with Crippen LogP contribution in [0.2, 0.25) is 0 Å². The van der Waals surface area contributed by atoms with Crippen molar-refractivity contribution >= 4 is 11.3 Å². The van der Waals surface area contributed by atoms with Crippen LogP contribution in [-0.4, -0.2) is 6.54 Å². The summed E-state index contributed by atoms with van der Waals surface area (Å²) < 4.78 is 0. The molecule has 21 heavy (non-hydrogen) atoms. The maximum absolute atomic E-state index is 3.66. The summed E-state index contributed by atoms with van der Waals surface area (Å²) >= 11 is 1.83. The molecule has 0 radical (unpaired) electrons. The molecule has 1 aromatic heterocycles. The molecule has 0 bridgehead atoms. The van der Waals surface area contributed by atoms with Crippen LogP contribution in [-0.2, 0) is 0 Å². The fourth-order valence-electron chi connectivity index (χ4n) is 2.74. The molecular weight excluding hydrogens is 274 g/mol. The molecule has 1 N–H and O–H groups in total. The van der Waals surface area contributed by atoms with Crippen molar-refractivity contribution in [3.63, 3.8) is 0 Å². The Morgan fingerprint density at radius 3 is 2.29 bits per heavy atom. The van der Waals surface area contributed by atoms with E-state index in [4.69, 9.17) is 0 Å². The summed E-state index contributed by atoms with van der Waals surface area (Å²) in [4.78, 5) is 1.40. The third-order valence-electron chi connectivity index (χ3n) is 3.95. The smallest absolute Gasteiger partial charge is 0.0673 e. The zero-order chi connectivity index (χ0) is 15.4. The number of hydrogen-bond donors (Lipinski definition) is 1. The van der Waals surface area contributed by atoms with E-state index in [9.17, 15) is 0 Å². The Morgan fingerprint density at radius 2 is 1.76 bits per heavy atom. The van der Waals surface area contributed by atoms with E-state index in [0.29, 0.717) is 17.9 Å². The molecule has 0 fully saturated rings. The van der Waals surface area contributed by atoms with Crippen molar-refractivity contribution in [3.05, 3.63) is 57.3 Å². The second kappa shape index (κ2) is 7.24. The molecule has 0 aliphatic carbocycles. The molecule has 0 saturated carbocycles. The van der Waals surface area contributed by atoms with Gasteiger partial charge in [0, 0.05) is 4.88 Å². The molecule has 114 valence electrons.